The van der Waals surface area contributed by atoms with Crippen molar-refractivity contribution < 1.29 is 5.11 Å². The number of aromatic nitrogens is 2. The summed E-state index contributed by atoms with van der Waals surface area (Å²) in [6, 6.07) is 7.99. The summed E-state index contributed by atoms with van der Waals surface area (Å²) in [4.78, 5) is 4.27. The molecule has 74 valence electrons. The molecule has 1 N–H and O–H groups in total. The zero-order valence-corrected chi connectivity index (χ0v) is 8.38. The first-order valence-corrected chi connectivity index (χ1v) is 4.80. The standard InChI is InChI=1S/C11H14N2O/c1-8(9(2)14)13-7-12-10-5-3-4-6-11(10)13/h3-9,14H,1-2H3. The van der Waals surface area contributed by atoms with E-state index in [1.165, 1.54) is 0 Å². The Morgan fingerprint density at radius 1 is 1.29 bits per heavy atom. The topological polar surface area (TPSA) is 38.0 Å². The lowest BCUT2D eigenvalue weighted by atomic mass is 10.2. The van der Waals surface area contributed by atoms with E-state index in [0.717, 1.165) is 11.0 Å². The van der Waals surface area contributed by atoms with Gasteiger partial charge >= 0.3 is 0 Å². The zero-order valence-electron chi connectivity index (χ0n) is 8.38. The number of fused-ring (bicyclic) bond motifs is 1. The lowest BCUT2D eigenvalue weighted by Crippen LogP contribution is -2.17. The van der Waals surface area contributed by atoms with Crippen LogP contribution in [0.15, 0.2) is 30.6 Å². The van der Waals surface area contributed by atoms with Crippen molar-refractivity contribution in [1.29, 1.82) is 0 Å². The van der Waals surface area contributed by atoms with E-state index in [0.29, 0.717) is 0 Å². The maximum absolute atomic E-state index is 9.50. The zero-order chi connectivity index (χ0) is 10.1. The average Bonchev–Trinajstić information content (AvgIpc) is 2.60. The van der Waals surface area contributed by atoms with Crippen molar-refractivity contribution in [3.05, 3.63) is 30.6 Å². The Hall–Kier alpha value is -1.35. The van der Waals surface area contributed by atoms with Crippen molar-refractivity contribution in [3.8, 4) is 0 Å². The first kappa shape index (κ1) is 9.21. The summed E-state index contributed by atoms with van der Waals surface area (Å²) in [7, 11) is 0. The molecule has 2 rings (SSSR count). The minimum Gasteiger partial charge on any atom is -0.391 e. The normalized spacial score (nSPS) is 15.6. The highest BCUT2D eigenvalue weighted by Crippen LogP contribution is 2.19. The van der Waals surface area contributed by atoms with Crippen molar-refractivity contribution >= 4 is 11.0 Å². The Bertz CT molecular complexity index is 434. The molecule has 0 saturated heterocycles. The molecule has 0 aliphatic rings. The summed E-state index contributed by atoms with van der Waals surface area (Å²) in [5.74, 6) is 0. The van der Waals surface area contributed by atoms with Crippen LogP contribution in [0.25, 0.3) is 11.0 Å². The summed E-state index contributed by atoms with van der Waals surface area (Å²) in [6.45, 7) is 3.78. The minimum atomic E-state index is -0.368. The van der Waals surface area contributed by atoms with Crippen molar-refractivity contribution in [2.75, 3.05) is 0 Å². The van der Waals surface area contributed by atoms with Gasteiger partial charge in [-0.05, 0) is 26.0 Å². The molecule has 0 radical (unpaired) electrons. The molecule has 0 bridgehead atoms. The summed E-state index contributed by atoms with van der Waals surface area (Å²) in [6.07, 6.45) is 1.41. The number of hydrogen-bond donors (Lipinski definition) is 1. The van der Waals surface area contributed by atoms with E-state index in [2.05, 4.69) is 4.98 Å². The molecule has 14 heavy (non-hydrogen) atoms. The van der Waals surface area contributed by atoms with Gasteiger partial charge < -0.3 is 9.67 Å². The Kier molecular flexibility index (Phi) is 2.25. The fourth-order valence-corrected chi connectivity index (χ4v) is 1.54. The van der Waals surface area contributed by atoms with Crippen LogP contribution in [0.3, 0.4) is 0 Å². The van der Waals surface area contributed by atoms with Crippen LogP contribution in [0.5, 0.6) is 0 Å². The number of hydrogen-bond acceptors (Lipinski definition) is 2. The summed E-state index contributed by atoms with van der Waals surface area (Å²) >= 11 is 0. The molecule has 0 aliphatic carbocycles. The number of aliphatic hydroxyl groups is 1. The van der Waals surface area contributed by atoms with E-state index in [1.807, 2.05) is 35.8 Å². The van der Waals surface area contributed by atoms with E-state index < -0.39 is 0 Å². The molecule has 0 fully saturated rings. The molecule has 0 spiro atoms. The van der Waals surface area contributed by atoms with Gasteiger partial charge in [-0.15, -0.1) is 0 Å². The Balaban J connectivity index is 2.53. The highest BCUT2D eigenvalue weighted by atomic mass is 16.3. The third-order valence-corrected chi connectivity index (χ3v) is 2.62. The molecular formula is C11H14N2O. The van der Waals surface area contributed by atoms with Gasteiger partial charge in [-0.3, -0.25) is 0 Å². The molecule has 3 heteroatoms. The van der Waals surface area contributed by atoms with Gasteiger partial charge in [0.15, 0.2) is 0 Å². The van der Waals surface area contributed by atoms with E-state index in [9.17, 15) is 5.11 Å². The van der Waals surface area contributed by atoms with Crippen LogP contribution >= 0.6 is 0 Å². The molecular weight excluding hydrogens is 176 g/mol. The number of benzene rings is 1. The third-order valence-electron chi connectivity index (χ3n) is 2.62. The Morgan fingerprint density at radius 3 is 2.71 bits per heavy atom. The average molecular weight is 190 g/mol. The number of aliphatic hydroxyl groups excluding tert-OH is 1. The molecule has 0 aliphatic heterocycles. The minimum absolute atomic E-state index is 0.0578. The van der Waals surface area contributed by atoms with Crippen molar-refractivity contribution in [2.45, 2.75) is 26.0 Å². The van der Waals surface area contributed by atoms with Crippen LogP contribution in [-0.4, -0.2) is 20.8 Å². The third kappa shape index (κ3) is 1.40. The molecule has 1 aromatic heterocycles. The second-order valence-corrected chi connectivity index (χ2v) is 3.62. The summed E-state index contributed by atoms with van der Waals surface area (Å²) in [5.41, 5.74) is 2.04. The highest BCUT2D eigenvalue weighted by molar-refractivity contribution is 5.75. The number of rotatable bonds is 2. The largest absolute Gasteiger partial charge is 0.391 e. The maximum Gasteiger partial charge on any atom is 0.0961 e. The Labute approximate surface area is 83.0 Å². The van der Waals surface area contributed by atoms with Crippen molar-refractivity contribution in [2.24, 2.45) is 0 Å². The van der Waals surface area contributed by atoms with Crippen LogP contribution in [0, 0.1) is 0 Å². The lowest BCUT2D eigenvalue weighted by Gasteiger charge is -2.16. The van der Waals surface area contributed by atoms with Gasteiger partial charge in [0.1, 0.15) is 0 Å². The quantitative estimate of drug-likeness (QED) is 0.786. The molecule has 3 nitrogen and oxygen atoms in total. The number of imidazole rings is 1. The molecule has 1 aromatic carbocycles. The fourth-order valence-electron chi connectivity index (χ4n) is 1.54. The SMILES string of the molecule is CC(O)C(C)n1cnc2ccccc21. The lowest BCUT2D eigenvalue weighted by molar-refractivity contribution is 0.141. The predicted octanol–water partition coefficient (Wildman–Crippen LogP) is 1.98. The van der Waals surface area contributed by atoms with Crippen LogP contribution in [-0.2, 0) is 0 Å². The second kappa shape index (κ2) is 3.42. The number of nitrogens with zero attached hydrogens (tertiary/aromatic N) is 2. The molecule has 0 amide bonds. The maximum atomic E-state index is 9.50. The molecule has 0 saturated carbocycles. The molecule has 2 aromatic rings. The van der Waals surface area contributed by atoms with Crippen molar-refractivity contribution in [3.63, 3.8) is 0 Å². The van der Waals surface area contributed by atoms with Crippen LogP contribution in [0.2, 0.25) is 0 Å². The van der Waals surface area contributed by atoms with Crippen molar-refractivity contribution in [1.82, 2.24) is 9.55 Å². The van der Waals surface area contributed by atoms with Gasteiger partial charge in [0.2, 0.25) is 0 Å². The molecule has 1 heterocycles. The predicted molar refractivity (Wildman–Crippen MR) is 56.1 cm³/mol. The number of para-hydroxylation sites is 2. The first-order chi connectivity index (χ1) is 6.70. The fraction of sp³-hybridized carbons (Fsp3) is 0.364. The van der Waals surface area contributed by atoms with E-state index in [-0.39, 0.29) is 12.1 Å². The van der Waals surface area contributed by atoms with Gasteiger partial charge in [0.25, 0.3) is 0 Å². The summed E-state index contributed by atoms with van der Waals surface area (Å²) in [5, 5.41) is 9.50. The van der Waals surface area contributed by atoms with Gasteiger partial charge in [0, 0.05) is 0 Å². The van der Waals surface area contributed by atoms with E-state index in [1.54, 1.807) is 13.3 Å². The van der Waals surface area contributed by atoms with Crippen LogP contribution in [0.1, 0.15) is 19.9 Å². The first-order valence-electron chi connectivity index (χ1n) is 4.80. The van der Waals surface area contributed by atoms with E-state index in [4.69, 9.17) is 0 Å². The van der Waals surface area contributed by atoms with Crippen LogP contribution < -0.4 is 0 Å². The molecule has 2 atom stereocenters. The monoisotopic (exact) mass is 190 g/mol. The van der Waals surface area contributed by atoms with Crippen LogP contribution in [0.4, 0.5) is 0 Å². The highest BCUT2D eigenvalue weighted by Gasteiger charge is 2.12. The molecule has 2 unspecified atom stereocenters. The van der Waals surface area contributed by atoms with E-state index >= 15 is 0 Å². The van der Waals surface area contributed by atoms with Gasteiger partial charge in [-0.25, -0.2) is 4.98 Å². The van der Waals surface area contributed by atoms with Gasteiger partial charge in [0.05, 0.1) is 29.5 Å². The smallest absolute Gasteiger partial charge is 0.0961 e. The van der Waals surface area contributed by atoms with Gasteiger partial charge in [-0.1, -0.05) is 12.1 Å². The second-order valence-electron chi connectivity index (χ2n) is 3.62. The Morgan fingerprint density at radius 2 is 2.00 bits per heavy atom. The van der Waals surface area contributed by atoms with Gasteiger partial charge in [-0.2, -0.15) is 0 Å². The summed E-state index contributed by atoms with van der Waals surface area (Å²) < 4.78 is 2.00.